The Morgan fingerprint density at radius 3 is 2.11 bits per heavy atom. The molecule has 214 valence electrons. The van der Waals surface area contributed by atoms with Gasteiger partial charge in [0.05, 0.1) is 59.3 Å². The molecule has 1 aliphatic heterocycles. The summed E-state index contributed by atoms with van der Waals surface area (Å²) in [5.41, 5.74) is 8.02. The van der Waals surface area contributed by atoms with Crippen molar-refractivity contribution in [3.63, 3.8) is 0 Å². The summed E-state index contributed by atoms with van der Waals surface area (Å²) in [6, 6.07) is 0.314. The molecule has 0 aromatic carbocycles. The number of nitrogens with two attached hydrogens (primary N) is 1. The molecular formula is C24H43N3O9S. The summed E-state index contributed by atoms with van der Waals surface area (Å²) in [5.74, 6) is 0.0448. The van der Waals surface area contributed by atoms with Crippen LogP contribution in [0.2, 0.25) is 0 Å². The third kappa shape index (κ3) is 19.9. The molecule has 0 saturated carbocycles. The lowest BCUT2D eigenvalue weighted by molar-refractivity contribution is -0.159. The number of ether oxygens (including phenoxy) is 4. The summed E-state index contributed by atoms with van der Waals surface area (Å²) in [5, 5.41) is 3.42. The first kappa shape index (κ1) is 33.3. The second-order valence-electron chi connectivity index (χ2n) is 8.36. The Morgan fingerprint density at radius 2 is 1.49 bits per heavy atom. The van der Waals surface area contributed by atoms with Crippen molar-refractivity contribution in [1.82, 2.24) is 10.8 Å². The maximum absolute atomic E-state index is 11.8. The average molecular weight is 550 g/mol. The molecule has 12 nitrogen and oxygen atoms in total. The van der Waals surface area contributed by atoms with Crippen LogP contribution in [-0.2, 0) is 43.0 Å². The van der Waals surface area contributed by atoms with Gasteiger partial charge in [0.15, 0.2) is 0 Å². The molecule has 1 aliphatic rings. The Balaban J connectivity index is 1.75. The van der Waals surface area contributed by atoms with Crippen LogP contribution < -0.4 is 16.5 Å². The van der Waals surface area contributed by atoms with Crippen molar-refractivity contribution in [3.8, 4) is 0 Å². The molecule has 4 N–H and O–H groups in total. The standard InChI is InChI=1S/C24H43N3O9S/c25-20-8-19-37-21(20)4-1-2-5-22(29)26-9-12-33-14-16-35-18-17-34-15-13-32-11-7-24(31)36-27-23(30)6-3-10-28/h10,20-21H,1-9,11-19,25H2,(H,26,29)(H,27,30). The first-order chi connectivity index (χ1) is 18.0. The van der Waals surface area contributed by atoms with Gasteiger partial charge >= 0.3 is 5.97 Å². The number of aldehydes is 1. The number of carbonyl (C=O) groups is 4. The van der Waals surface area contributed by atoms with E-state index >= 15 is 0 Å². The van der Waals surface area contributed by atoms with Crippen LogP contribution in [0.1, 0.15) is 51.4 Å². The van der Waals surface area contributed by atoms with Gasteiger partial charge in [-0.3, -0.25) is 9.59 Å². The number of amides is 2. The summed E-state index contributed by atoms with van der Waals surface area (Å²) in [4.78, 5) is 49.1. The summed E-state index contributed by atoms with van der Waals surface area (Å²) in [7, 11) is 0. The Bertz CT molecular complexity index is 643. The third-order valence-electron chi connectivity index (χ3n) is 5.31. The van der Waals surface area contributed by atoms with Crippen molar-refractivity contribution in [2.45, 2.75) is 62.7 Å². The molecule has 1 rings (SSSR count). The SMILES string of the molecule is NC1CCSC1CCCCC(=O)NCCOCCOCCOCCOCCC(=O)ONC(=O)CCC=O. The number of carbonyl (C=O) groups excluding carboxylic acids is 4. The number of nitrogens with one attached hydrogen (secondary N) is 2. The molecule has 1 saturated heterocycles. The van der Waals surface area contributed by atoms with Gasteiger partial charge in [0.25, 0.3) is 5.91 Å². The molecule has 0 aliphatic carbocycles. The maximum atomic E-state index is 11.8. The van der Waals surface area contributed by atoms with Gasteiger partial charge in [-0.05, 0) is 25.0 Å². The molecule has 1 heterocycles. The second-order valence-corrected chi connectivity index (χ2v) is 9.71. The summed E-state index contributed by atoms with van der Waals surface area (Å²) < 4.78 is 21.4. The maximum Gasteiger partial charge on any atom is 0.334 e. The Kier molecular flexibility index (Phi) is 21.0. The Morgan fingerprint density at radius 1 is 0.838 bits per heavy atom. The van der Waals surface area contributed by atoms with Crippen LogP contribution in [-0.4, -0.2) is 101 Å². The zero-order valence-corrected chi connectivity index (χ0v) is 22.4. The highest BCUT2D eigenvalue weighted by atomic mass is 32.2. The van der Waals surface area contributed by atoms with Crippen LogP contribution in [0.4, 0.5) is 0 Å². The minimum absolute atomic E-state index is 0.0178. The minimum atomic E-state index is -0.631. The Labute approximate surface area is 223 Å². The monoisotopic (exact) mass is 549 g/mol. The molecule has 13 heteroatoms. The van der Waals surface area contributed by atoms with Gasteiger partial charge in [0.1, 0.15) is 6.29 Å². The van der Waals surface area contributed by atoms with Gasteiger partial charge in [0.2, 0.25) is 5.91 Å². The molecule has 2 amide bonds. The van der Waals surface area contributed by atoms with Crippen molar-refractivity contribution in [2.75, 3.05) is 65.2 Å². The van der Waals surface area contributed by atoms with Gasteiger partial charge in [-0.2, -0.15) is 17.2 Å². The van der Waals surface area contributed by atoms with Gasteiger partial charge in [-0.25, -0.2) is 4.79 Å². The number of hydrogen-bond acceptors (Lipinski definition) is 11. The molecule has 1 fully saturated rings. The van der Waals surface area contributed by atoms with Gasteiger partial charge in [-0.15, -0.1) is 0 Å². The minimum Gasteiger partial charge on any atom is -0.378 e. The zero-order valence-electron chi connectivity index (χ0n) is 21.6. The van der Waals surface area contributed by atoms with E-state index in [1.165, 1.54) is 0 Å². The van der Waals surface area contributed by atoms with Crippen LogP contribution in [0.15, 0.2) is 0 Å². The van der Waals surface area contributed by atoms with E-state index in [0.717, 1.165) is 31.4 Å². The first-order valence-electron chi connectivity index (χ1n) is 12.9. The lowest BCUT2D eigenvalue weighted by Crippen LogP contribution is -2.28. The lowest BCUT2D eigenvalue weighted by Gasteiger charge is -2.13. The number of unbranched alkanes of at least 4 members (excludes halogenated alkanes) is 1. The molecule has 2 unspecified atom stereocenters. The van der Waals surface area contributed by atoms with E-state index in [4.69, 9.17) is 24.7 Å². The largest absolute Gasteiger partial charge is 0.378 e. The van der Waals surface area contributed by atoms with Crippen LogP contribution in [0.5, 0.6) is 0 Å². The summed E-state index contributed by atoms with van der Waals surface area (Å²) >= 11 is 1.95. The Hall–Kier alpha value is -1.77. The van der Waals surface area contributed by atoms with Crippen LogP contribution in [0.25, 0.3) is 0 Å². The highest BCUT2D eigenvalue weighted by molar-refractivity contribution is 8.00. The van der Waals surface area contributed by atoms with Gasteiger partial charge in [0, 0.05) is 37.1 Å². The van der Waals surface area contributed by atoms with Gasteiger partial charge in [-0.1, -0.05) is 6.42 Å². The van der Waals surface area contributed by atoms with E-state index in [9.17, 15) is 19.2 Å². The molecule has 0 radical (unpaired) electrons. The summed E-state index contributed by atoms with van der Waals surface area (Å²) in [6.07, 6.45) is 5.29. The molecule has 0 spiro atoms. The van der Waals surface area contributed by atoms with Crippen LogP contribution in [0, 0.1) is 0 Å². The normalized spacial score (nSPS) is 16.9. The summed E-state index contributed by atoms with van der Waals surface area (Å²) in [6.45, 7) is 3.41. The number of thioether (sulfide) groups is 1. The zero-order chi connectivity index (χ0) is 27.0. The van der Waals surface area contributed by atoms with E-state index in [2.05, 4.69) is 10.2 Å². The fourth-order valence-corrected chi connectivity index (χ4v) is 4.70. The molecule has 0 aromatic rings. The van der Waals surface area contributed by atoms with E-state index in [0.29, 0.717) is 76.8 Å². The smallest absolute Gasteiger partial charge is 0.334 e. The number of rotatable bonds is 23. The average Bonchev–Trinajstić information content (AvgIpc) is 3.30. The fourth-order valence-electron chi connectivity index (χ4n) is 3.27. The molecule has 0 aromatic heterocycles. The predicted molar refractivity (Wildman–Crippen MR) is 138 cm³/mol. The first-order valence-corrected chi connectivity index (χ1v) is 13.9. The van der Waals surface area contributed by atoms with Crippen molar-refractivity contribution >= 4 is 35.8 Å². The second kappa shape index (κ2) is 23.4. The van der Waals surface area contributed by atoms with Gasteiger partial charge < -0.3 is 39.6 Å². The van der Waals surface area contributed by atoms with Crippen molar-refractivity contribution < 1.29 is 43.0 Å². The number of hydroxylamine groups is 1. The van der Waals surface area contributed by atoms with E-state index in [1.807, 2.05) is 17.2 Å². The number of hydrogen-bond donors (Lipinski definition) is 3. The van der Waals surface area contributed by atoms with Crippen molar-refractivity contribution in [3.05, 3.63) is 0 Å². The van der Waals surface area contributed by atoms with E-state index in [1.54, 1.807) is 0 Å². The predicted octanol–water partition coefficient (Wildman–Crippen LogP) is 0.506. The topological polar surface area (TPSA) is 165 Å². The molecule has 2 atom stereocenters. The molecular weight excluding hydrogens is 506 g/mol. The highest BCUT2D eigenvalue weighted by Gasteiger charge is 2.23. The highest BCUT2D eigenvalue weighted by Crippen LogP contribution is 2.29. The lowest BCUT2D eigenvalue weighted by atomic mass is 10.1. The molecule has 37 heavy (non-hydrogen) atoms. The quantitative estimate of drug-likeness (QED) is 0.0923. The fraction of sp³-hybridized carbons (Fsp3) is 0.833. The third-order valence-corrected chi connectivity index (χ3v) is 6.79. The van der Waals surface area contributed by atoms with Crippen molar-refractivity contribution in [2.24, 2.45) is 5.73 Å². The van der Waals surface area contributed by atoms with Crippen molar-refractivity contribution in [1.29, 1.82) is 0 Å². The van der Waals surface area contributed by atoms with E-state index < -0.39 is 11.9 Å². The van der Waals surface area contributed by atoms with Crippen LogP contribution >= 0.6 is 11.8 Å². The molecule has 0 bridgehead atoms. The van der Waals surface area contributed by atoms with E-state index in [-0.39, 0.29) is 31.8 Å². The van der Waals surface area contributed by atoms with Crippen LogP contribution in [0.3, 0.4) is 0 Å².